The SMILES string of the molecule is COC(=O)[C@@H]1C(=O)C2=C(C[C@@H]1C)Nc1ccccc1N[C@@H]2c1ccc(C)c([N+](=O)[O-])c1. The molecule has 31 heavy (non-hydrogen) atoms. The number of hydrogen-bond acceptors (Lipinski definition) is 7. The lowest BCUT2D eigenvalue weighted by atomic mass is 9.74. The number of methoxy groups -OCH3 is 1. The molecule has 1 aliphatic carbocycles. The van der Waals surface area contributed by atoms with Crippen LogP contribution in [-0.2, 0) is 14.3 Å². The van der Waals surface area contributed by atoms with Crippen LogP contribution in [0.5, 0.6) is 0 Å². The number of nitro benzene ring substituents is 1. The number of para-hydroxylation sites is 2. The molecule has 0 fully saturated rings. The Morgan fingerprint density at radius 1 is 1.19 bits per heavy atom. The minimum atomic E-state index is -0.920. The van der Waals surface area contributed by atoms with Crippen molar-refractivity contribution in [3.63, 3.8) is 0 Å². The molecule has 2 aromatic rings. The number of fused-ring (bicyclic) bond motifs is 1. The Kier molecular flexibility index (Phi) is 5.22. The van der Waals surface area contributed by atoms with Gasteiger partial charge in [-0.1, -0.05) is 31.2 Å². The lowest BCUT2D eigenvalue weighted by molar-refractivity contribution is -0.385. The smallest absolute Gasteiger partial charge is 0.316 e. The van der Waals surface area contributed by atoms with Gasteiger partial charge in [-0.3, -0.25) is 19.7 Å². The second-order valence-corrected chi connectivity index (χ2v) is 7.99. The molecule has 0 unspecified atom stereocenters. The van der Waals surface area contributed by atoms with E-state index < -0.39 is 22.9 Å². The van der Waals surface area contributed by atoms with Crippen LogP contribution in [0.25, 0.3) is 0 Å². The second kappa shape index (κ2) is 7.86. The molecule has 160 valence electrons. The van der Waals surface area contributed by atoms with Crippen LogP contribution in [0.2, 0.25) is 0 Å². The van der Waals surface area contributed by atoms with Gasteiger partial charge in [-0.25, -0.2) is 0 Å². The predicted octanol–water partition coefficient (Wildman–Crippen LogP) is 4.13. The molecule has 4 rings (SSSR count). The Labute approximate surface area is 179 Å². The van der Waals surface area contributed by atoms with Crippen molar-refractivity contribution in [3.8, 4) is 0 Å². The van der Waals surface area contributed by atoms with E-state index in [1.807, 2.05) is 31.2 Å². The van der Waals surface area contributed by atoms with Gasteiger partial charge in [0.2, 0.25) is 0 Å². The van der Waals surface area contributed by atoms with E-state index in [1.165, 1.54) is 13.2 Å². The zero-order valence-electron chi connectivity index (χ0n) is 17.5. The van der Waals surface area contributed by atoms with E-state index in [1.54, 1.807) is 19.1 Å². The van der Waals surface area contributed by atoms with Crippen molar-refractivity contribution in [1.29, 1.82) is 0 Å². The molecule has 0 amide bonds. The van der Waals surface area contributed by atoms with Crippen molar-refractivity contribution in [2.45, 2.75) is 26.3 Å². The monoisotopic (exact) mass is 421 g/mol. The van der Waals surface area contributed by atoms with Gasteiger partial charge in [0.15, 0.2) is 5.78 Å². The first-order chi connectivity index (χ1) is 14.8. The van der Waals surface area contributed by atoms with Crippen LogP contribution in [0.3, 0.4) is 0 Å². The molecule has 1 aliphatic heterocycles. The lowest BCUT2D eigenvalue weighted by Crippen LogP contribution is -2.39. The van der Waals surface area contributed by atoms with Gasteiger partial charge < -0.3 is 15.4 Å². The quantitative estimate of drug-likeness (QED) is 0.332. The first kappa shape index (κ1) is 20.6. The molecule has 0 aromatic heterocycles. The van der Waals surface area contributed by atoms with Crippen molar-refractivity contribution >= 4 is 28.8 Å². The summed E-state index contributed by atoms with van der Waals surface area (Å²) in [5.41, 5.74) is 3.77. The van der Waals surface area contributed by atoms with Gasteiger partial charge >= 0.3 is 5.97 Å². The van der Waals surface area contributed by atoms with E-state index in [0.717, 1.165) is 11.4 Å². The number of rotatable bonds is 3. The van der Waals surface area contributed by atoms with E-state index in [2.05, 4.69) is 10.6 Å². The van der Waals surface area contributed by atoms with Crippen molar-refractivity contribution < 1.29 is 19.2 Å². The summed E-state index contributed by atoms with van der Waals surface area (Å²) in [7, 11) is 1.27. The Bertz CT molecular complexity index is 1120. The van der Waals surface area contributed by atoms with Gasteiger partial charge in [0.1, 0.15) is 5.92 Å². The average Bonchev–Trinajstić information content (AvgIpc) is 2.90. The minimum absolute atomic E-state index is 0.0203. The van der Waals surface area contributed by atoms with Crippen molar-refractivity contribution in [3.05, 3.63) is 75.0 Å². The molecule has 8 heteroatoms. The van der Waals surface area contributed by atoms with Gasteiger partial charge in [0.05, 0.1) is 29.4 Å². The molecule has 0 saturated heterocycles. The summed E-state index contributed by atoms with van der Waals surface area (Å²) in [6.45, 7) is 3.52. The molecule has 0 saturated carbocycles. The zero-order valence-corrected chi connectivity index (χ0v) is 17.5. The number of aryl methyl sites for hydroxylation is 1. The summed E-state index contributed by atoms with van der Waals surface area (Å²) in [6, 6.07) is 11.8. The topological polar surface area (TPSA) is 111 Å². The van der Waals surface area contributed by atoms with Crippen molar-refractivity contribution in [1.82, 2.24) is 0 Å². The first-order valence-corrected chi connectivity index (χ1v) is 10.0. The highest BCUT2D eigenvalue weighted by Crippen LogP contribution is 2.44. The highest BCUT2D eigenvalue weighted by atomic mass is 16.6. The third-order valence-corrected chi connectivity index (χ3v) is 5.99. The molecular weight excluding hydrogens is 398 g/mol. The Balaban J connectivity index is 1.90. The van der Waals surface area contributed by atoms with Crippen LogP contribution in [0, 0.1) is 28.9 Å². The van der Waals surface area contributed by atoms with Crippen LogP contribution < -0.4 is 10.6 Å². The number of allylic oxidation sites excluding steroid dienone is 1. The Hall–Kier alpha value is -3.68. The van der Waals surface area contributed by atoms with E-state index in [9.17, 15) is 19.7 Å². The van der Waals surface area contributed by atoms with Crippen LogP contribution in [0.15, 0.2) is 53.7 Å². The summed E-state index contributed by atoms with van der Waals surface area (Å²) < 4.78 is 4.90. The number of nitro groups is 1. The summed E-state index contributed by atoms with van der Waals surface area (Å²) in [6.07, 6.45) is 0.474. The molecular formula is C23H23N3O5. The molecule has 2 aromatic carbocycles. The molecule has 0 radical (unpaired) electrons. The van der Waals surface area contributed by atoms with Gasteiger partial charge in [0, 0.05) is 22.9 Å². The lowest BCUT2D eigenvalue weighted by Gasteiger charge is -2.32. The third-order valence-electron chi connectivity index (χ3n) is 5.99. The molecule has 0 bridgehead atoms. The second-order valence-electron chi connectivity index (χ2n) is 7.99. The summed E-state index contributed by atoms with van der Waals surface area (Å²) in [4.78, 5) is 37.1. The third kappa shape index (κ3) is 3.54. The zero-order chi connectivity index (χ0) is 22.3. The van der Waals surface area contributed by atoms with Crippen LogP contribution in [0.4, 0.5) is 17.1 Å². The number of esters is 1. The number of benzene rings is 2. The number of anilines is 2. The summed E-state index contributed by atoms with van der Waals surface area (Å²) in [5, 5.41) is 18.3. The molecule has 1 heterocycles. The fourth-order valence-corrected chi connectivity index (χ4v) is 4.39. The highest BCUT2D eigenvalue weighted by Gasteiger charge is 2.44. The maximum Gasteiger partial charge on any atom is 0.316 e. The van der Waals surface area contributed by atoms with E-state index >= 15 is 0 Å². The number of hydrogen-bond donors (Lipinski definition) is 2. The molecule has 3 atom stereocenters. The number of carbonyl (C=O) groups is 2. The van der Waals surface area contributed by atoms with Crippen molar-refractivity contribution in [2.24, 2.45) is 11.8 Å². The number of Topliss-reactive ketones (excluding diaryl/α,β-unsaturated/α-hetero) is 1. The van der Waals surface area contributed by atoms with Gasteiger partial charge in [-0.2, -0.15) is 0 Å². The normalized spacial score (nSPS) is 22.4. The fraction of sp³-hybridized carbons (Fsp3) is 0.304. The van der Waals surface area contributed by atoms with Gasteiger partial charge in [-0.05, 0) is 37.0 Å². The van der Waals surface area contributed by atoms with Gasteiger partial charge in [-0.15, -0.1) is 0 Å². The number of carbonyl (C=O) groups excluding carboxylic acids is 2. The Morgan fingerprint density at radius 3 is 2.58 bits per heavy atom. The van der Waals surface area contributed by atoms with Crippen LogP contribution in [0.1, 0.15) is 30.5 Å². The maximum absolute atomic E-state index is 13.6. The average molecular weight is 421 g/mol. The van der Waals surface area contributed by atoms with E-state index in [-0.39, 0.29) is 17.4 Å². The van der Waals surface area contributed by atoms with Crippen LogP contribution in [-0.4, -0.2) is 23.8 Å². The number of nitrogens with one attached hydrogen (secondary N) is 2. The standard InChI is InChI=1S/C23H23N3O5/c1-12-8-9-14(11-18(12)26(29)30)21-20-17(24-15-6-4-5-7-16(15)25-21)10-13(2)19(22(20)27)23(28)31-3/h4-9,11,13,19,21,24-25H,10H2,1-3H3/t13-,19-,21+/m0/s1. The first-order valence-electron chi connectivity index (χ1n) is 10.0. The van der Waals surface area contributed by atoms with Gasteiger partial charge in [0.25, 0.3) is 5.69 Å². The number of ketones is 1. The molecule has 2 N–H and O–H groups in total. The van der Waals surface area contributed by atoms with Crippen molar-refractivity contribution in [2.75, 3.05) is 17.7 Å². The molecule has 2 aliphatic rings. The molecule has 0 spiro atoms. The Morgan fingerprint density at radius 2 is 1.90 bits per heavy atom. The predicted molar refractivity (Wildman–Crippen MR) is 116 cm³/mol. The molecule has 8 nitrogen and oxygen atoms in total. The largest absolute Gasteiger partial charge is 0.468 e. The summed E-state index contributed by atoms with van der Waals surface area (Å²) in [5.74, 6) is -2.07. The van der Waals surface area contributed by atoms with Crippen LogP contribution >= 0.6 is 0 Å². The highest BCUT2D eigenvalue weighted by molar-refractivity contribution is 6.11. The summed E-state index contributed by atoms with van der Waals surface area (Å²) >= 11 is 0. The van der Waals surface area contributed by atoms with E-state index in [4.69, 9.17) is 4.74 Å². The fourth-order valence-electron chi connectivity index (χ4n) is 4.39. The van der Waals surface area contributed by atoms with E-state index in [0.29, 0.717) is 28.8 Å². The maximum atomic E-state index is 13.6. The number of nitrogens with zero attached hydrogens (tertiary/aromatic N) is 1. The number of ether oxygens (including phenoxy) is 1. The minimum Gasteiger partial charge on any atom is -0.468 e.